The molecule has 1 aromatic heterocycles. The fraction of sp³-hybridized carbons (Fsp3) is 0.529. The van der Waals surface area contributed by atoms with Crippen LogP contribution in [0.2, 0.25) is 0 Å². The molecule has 0 spiro atoms. The molecule has 2 N–H and O–H groups in total. The number of hydrogen-bond acceptors (Lipinski definition) is 8. The zero-order valence-corrected chi connectivity index (χ0v) is 15.2. The Morgan fingerprint density at radius 3 is 2.96 bits per heavy atom. The van der Waals surface area contributed by atoms with E-state index in [1.807, 2.05) is 25.1 Å². The topological polar surface area (TPSA) is 122 Å². The fourth-order valence-electron chi connectivity index (χ4n) is 3.84. The van der Waals surface area contributed by atoms with Gasteiger partial charge in [0.05, 0.1) is 19.3 Å². The number of carbonyl (C=O) groups excluding carboxylic acids is 1. The number of nitrogens with one attached hydrogen (secondary N) is 2. The first-order chi connectivity index (χ1) is 13.7. The van der Waals surface area contributed by atoms with E-state index in [-0.39, 0.29) is 37.1 Å². The average molecular weight is 388 g/mol. The molecule has 0 saturated carbocycles. The standard InChI is InChI=1S/C17H20N6O5/c1-2-18-17(24)19-10-6-25-15-11(7-26-14(10)15)23-16(20-21-22-23)9-3-4-12-13(5-9)28-8-27-12/h3-5,10-11,14-15H,2,6-8H2,1H3,(H2,18,19,24)/t10-,11+,14-,15+/m1/s1. The van der Waals surface area contributed by atoms with E-state index in [0.29, 0.717) is 37.1 Å². The molecule has 3 aliphatic heterocycles. The van der Waals surface area contributed by atoms with E-state index in [2.05, 4.69) is 26.2 Å². The van der Waals surface area contributed by atoms with Crippen LogP contribution in [0, 0.1) is 0 Å². The van der Waals surface area contributed by atoms with Gasteiger partial charge in [0.1, 0.15) is 18.2 Å². The van der Waals surface area contributed by atoms with Crippen LogP contribution in [-0.4, -0.2) is 71.0 Å². The minimum Gasteiger partial charge on any atom is -0.454 e. The van der Waals surface area contributed by atoms with Crippen molar-refractivity contribution >= 4 is 6.03 Å². The van der Waals surface area contributed by atoms with Gasteiger partial charge in [0.15, 0.2) is 17.3 Å². The number of carbonyl (C=O) groups is 1. The predicted octanol–water partition coefficient (Wildman–Crippen LogP) is 0.0952. The van der Waals surface area contributed by atoms with Crippen molar-refractivity contribution in [3.63, 3.8) is 0 Å². The highest BCUT2D eigenvalue weighted by molar-refractivity contribution is 5.74. The Bertz CT molecular complexity index is 889. The lowest BCUT2D eigenvalue weighted by molar-refractivity contribution is 0.0624. The number of urea groups is 1. The minimum atomic E-state index is -0.249. The van der Waals surface area contributed by atoms with Crippen molar-refractivity contribution in [2.75, 3.05) is 26.6 Å². The van der Waals surface area contributed by atoms with Gasteiger partial charge in [-0.3, -0.25) is 0 Å². The van der Waals surface area contributed by atoms with Crippen molar-refractivity contribution in [2.45, 2.75) is 31.2 Å². The smallest absolute Gasteiger partial charge is 0.315 e. The Hall–Kier alpha value is -2.92. The monoisotopic (exact) mass is 388 g/mol. The summed E-state index contributed by atoms with van der Waals surface area (Å²) in [4.78, 5) is 11.8. The summed E-state index contributed by atoms with van der Waals surface area (Å²) in [7, 11) is 0. The van der Waals surface area contributed by atoms with Gasteiger partial charge in [-0.2, -0.15) is 0 Å². The van der Waals surface area contributed by atoms with E-state index in [4.69, 9.17) is 18.9 Å². The molecule has 0 bridgehead atoms. The van der Waals surface area contributed by atoms with Crippen LogP contribution >= 0.6 is 0 Å². The first-order valence-corrected chi connectivity index (χ1v) is 9.20. The number of fused-ring (bicyclic) bond motifs is 2. The first kappa shape index (κ1) is 17.2. The molecule has 5 rings (SSSR count). The average Bonchev–Trinajstić information content (AvgIpc) is 3.46. The number of hydrogen-bond donors (Lipinski definition) is 2. The van der Waals surface area contributed by atoms with Crippen molar-refractivity contribution in [1.82, 2.24) is 30.8 Å². The second kappa shape index (κ2) is 6.91. The van der Waals surface area contributed by atoms with Crippen LogP contribution in [0.5, 0.6) is 11.5 Å². The molecule has 0 aliphatic carbocycles. The normalized spacial score (nSPS) is 27.6. The highest BCUT2D eigenvalue weighted by Crippen LogP contribution is 2.38. The predicted molar refractivity (Wildman–Crippen MR) is 93.9 cm³/mol. The van der Waals surface area contributed by atoms with Crippen molar-refractivity contribution in [3.8, 4) is 22.9 Å². The van der Waals surface area contributed by atoms with Gasteiger partial charge in [-0.15, -0.1) is 5.10 Å². The lowest BCUT2D eigenvalue weighted by Gasteiger charge is -2.18. The summed E-state index contributed by atoms with van der Waals surface area (Å²) in [5.74, 6) is 1.96. The maximum Gasteiger partial charge on any atom is 0.315 e. The third kappa shape index (κ3) is 2.83. The summed E-state index contributed by atoms with van der Waals surface area (Å²) < 4.78 is 24.4. The van der Waals surface area contributed by atoms with Crippen LogP contribution in [0.1, 0.15) is 13.0 Å². The number of tetrazole rings is 1. The second-order valence-electron chi connectivity index (χ2n) is 6.79. The van der Waals surface area contributed by atoms with Crippen molar-refractivity contribution < 1.29 is 23.7 Å². The van der Waals surface area contributed by atoms with E-state index in [9.17, 15) is 4.79 Å². The summed E-state index contributed by atoms with van der Waals surface area (Å²) in [5.41, 5.74) is 0.813. The molecule has 11 nitrogen and oxygen atoms in total. The SMILES string of the molecule is CCNC(=O)N[C@@H]1CO[C@@H]2[C@@H]1OC[C@@H]2n1nnnc1-c1ccc2c(c1)OCO2. The highest BCUT2D eigenvalue weighted by Gasteiger charge is 2.50. The lowest BCUT2D eigenvalue weighted by Crippen LogP contribution is -2.48. The molecule has 3 aliphatic rings. The number of aromatic nitrogens is 4. The van der Waals surface area contributed by atoms with Crippen LogP contribution in [0.15, 0.2) is 18.2 Å². The van der Waals surface area contributed by atoms with E-state index in [0.717, 1.165) is 5.56 Å². The van der Waals surface area contributed by atoms with Crippen molar-refractivity contribution in [3.05, 3.63) is 18.2 Å². The van der Waals surface area contributed by atoms with Gasteiger partial charge in [0.2, 0.25) is 6.79 Å². The zero-order valence-electron chi connectivity index (χ0n) is 15.2. The largest absolute Gasteiger partial charge is 0.454 e. The van der Waals surface area contributed by atoms with Crippen LogP contribution in [0.3, 0.4) is 0 Å². The Labute approximate surface area is 160 Å². The number of benzene rings is 1. The molecule has 1 aromatic carbocycles. The molecule has 0 radical (unpaired) electrons. The Balaban J connectivity index is 1.36. The van der Waals surface area contributed by atoms with E-state index in [1.165, 1.54) is 0 Å². The van der Waals surface area contributed by atoms with Gasteiger partial charge in [-0.05, 0) is 35.5 Å². The van der Waals surface area contributed by atoms with Crippen LogP contribution in [0.4, 0.5) is 4.79 Å². The van der Waals surface area contributed by atoms with Gasteiger partial charge >= 0.3 is 6.03 Å². The molecule has 28 heavy (non-hydrogen) atoms. The molecule has 11 heteroatoms. The van der Waals surface area contributed by atoms with E-state index < -0.39 is 0 Å². The Kier molecular flexibility index (Phi) is 4.24. The molecular formula is C17H20N6O5. The van der Waals surface area contributed by atoms with Crippen molar-refractivity contribution in [2.24, 2.45) is 0 Å². The third-order valence-corrected chi connectivity index (χ3v) is 5.12. The van der Waals surface area contributed by atoms with Crippen LogP contribution in [-0.2, 0) is 9.47 Å². The number of amides is 2. The summed E-state index contributed by atoms with van der Waals surface area (Å²) >= 11 is 0. The first-order valence-electron chi connectivity index (χ1n) is 9.20. The quantitative estimate of drug-likeness (QED) is 0.756. The van der Waals surface area contributed by atoms with E-state index in [1.54, 1.807) is 4.68 Å². The Morgan fingerprint density at radius 2 is 2.07 bits per heavy atom. The van der Waals surface area contributed by atoms with E-state index >= 15 is 0 Å². The summed E-state index contributed by atoms with van der Waals surface area (Å²) in [6.45, 7) is 3.40. The number of ether oxygens (including phenoxy) is 4. The Morgan fingerprint density at radius 1 is 1.21 bits per heavy atom. The molecule has 2 saturated heterocycles. The van der Waals surface area contributed by atoms with Crippen LogP contribution in [0.25, 0.3) is 11.4 Å². The summed E-state index contributed by atoms with van der Waals surface area (Å²) in [6, 6.07) is 4.94. The molecule has 0 unspecified atom stereocenters. The van der Waals surface area contributed by atoms with Crippen molar-refractivity contribution in [1.29, 1.82) is 0 Å². The van der Waals surface area contributed by atoms with Gasteiger partial charge in [-0.1, -0.05) is 0 Å². The van der Waals surface area contributed by atoms with Gasteiger partial charge in [0, 0.05) is 12.1 Å². The van der Waals surface area contributed by atoms with Gasteiger partial charge in [0.25, 0.3) is 0 Å². The molecule has 4 atom stereocenters. The molecular weight excluding hydrogens is 368 g/mol. The second-order valence-corrected chi connectivity index (χ2v) is 6.79. The highest BCUT2D eigenvalue weighted by atomic mass is 16.7. The molecule has 148 valence electrons. The van der Waals surface area contributed by atoms with Gasteiger partial charge < -0.3 is 29.6 Å². The maximum atomic E-state index is 11.8. The zero-order chi connectivity index (χ0) is 19.1. The summed E-state index contributed by atoms with van der Waals surface area (Å²) in [6.07, 6.45) is -0.496. The molecule has 2 fully saturated rings. The lowest BCUT2D eigenvalue weighted by atomic mass is 10.1. The van der Waals surface area contributed by atoms with Crippen LogP contribution < -0.4 is 20.1 Å². The molecule has 4 heterocycles. The molecule has 2 aromatic rings. The number of nitrogens with zero attached hydrogens (tertiary/aromatic N) is 4. The molecule has 2 amide bonds. The third-order valence-electron chi connectivity index (χ3n) is 5.12. The fourth-order valence-corrected chi connectivity index (χ4v) is 3.84. The van der Waals surface area contributed by atoms with Gasteiger partial charge in [-0.25, -0.2) is 9.48 Å². The maximum absolute atomic E-state index is 11.8. The summed E-state index contributed by atoms with van der Waals surface area (Å²) in [5, 5.41) is 17.8. The number of rotatable bonds is 4. The minimum absolute atomic E-state index is 0.193.